The van der Waals surface area contributed by atoms with E-state index in [1.807, 2.05) is 0 Å². The van der Waals surface area contributed by atoms with Gasteiger partial charge in [0.1, 0.15) is 29.3 Å². The van der Waals surface area contributed by atoms with Gasteiger partial charge in [-0.15, -0.1) is 0 Å². The molecule has 116 valence electrons. The van der Waals surface area contributed by atoms with Gasteiger partial charge in [0.05, 0.1) is 0 Å². The predicted octanol–water partition coefficient (Wildman–Crippen LogP) is 2.79. The highest BCUT2D eigenvalue weighted by atomic mass is 19.1. The van der Waals surface area contributed by atoms with Gasteiger partial charge in [-0.3, -0.25) is 4.79 Å². The van der Waals surface area contributed by atoms with Gasteiger partial charge in [-0.1, -0.05) is 0 Å². The molecular weight excluding hydrogens is 302 g/mol. The maximum absolute atomic E-state index is 13.4. The molecule has 0 unspecified atom stereocenters. The summed E-state index contributed by atoms with van der Waals surface area (Å²) in [6.45, 7) is 0. The van der Waals surface area contributed by atoms with Gasteiger partial charge in [-0.2, -0.15) is 0 Å². The minimum absolute atomic E-state index is 0.127. The highest BCUT2D eigenvalue weighted by Gasteiger charge is 2.29. The Hall–Kier alpha value is -2.41. The Morgan fingerprint density at radius 1 is 0.818 bits per heavy atom. The van der Waals surface area contributed by atoms with Gasteiger partial charge in [0.25, 0.3) is 0 Å². The molecule has 0 saturated carbocycles. The fourth-order valence-electron chi connectivity index (χ4n) is 2.26. The van der Waals surface area contributed by atoms with E-state index in [4.69, 9.17) is 10.8 Å². The van der Waals surface area contributed by atoms with Crippen LogP contribution < -0.4 is 5.73 Å². The van der Waals surface area contributed by atoms with Crippen molar-refractivity contribution in [2.45, 2.75) is 12.0 Å². The van der Waals surface area contributed by atoms with Gasteiger partial charge in [-0.05, 0) is 35.4 Å². The third-order valence-corrected chi connectivity index (χ3v) is 3.13. The first kappa shape index (κ1) is 16.0. The van der Waals surface area contributed by atoms with Crippen LogP contribution in [0.5, 0.6) is 0 Å². The Balaban J connectivity index is 2.62. The van der Waals surface area contributed by atoms with Crippen LogP contribution >= 0.6 is 0 Å². The van der Waals surface area contributed by atoms with Crippen molar-refractivity contribution >= 4 is 5.97 Å². The van der Waals surface area contributed by atoms with Crippen molar-refractivity contribution in [3.8, 4) is 0 Å². The Bertz CT molecular complexity index is 629. The fraction of sp³-hybridized carbons (Fsp3) is 0.133. The minimum atomic E-state index is -1.64. The van der Waals surface area contributed by atoms with Gasteiger partial charge in [0.15, 0.2) is 0 Å². The van der Waals surface area contributed by atoms with Crippen molar-refractivity contribution in [2.24, 2.45) is 5.73 Å². The van der Waals surface area contributed by atoms with Gasteiger partial charge < -0.3 is 10.8 Å². The highest BCUT2D eigenvalue weighted by molar-refractivity contribution is 5.75. The molecule has 0 spiro atoms. The molecule has 3 N–H and O–H groups in total. The van der Waals surface area contributed by atoms with Crippen LogP contribution in [0.2, 0.25) is 0 Å². The summed E-state index contributed by atoms with van der Waals surface area (Å²) in [4.78, 5) is 11.1. The Labute approximate surface area is 123 Å². The Kier molecular flexibility index (Phi) is 4.46. The zero-order valence-corrected chi connectivity index (χ0v) is 11.1. The van der Waals surface area contributed by atoms with Crippen LogP contribution in [0.4, 0.5) is 17.6 Å². The summed E-state index contributed by atoms with van der Waals surface area (Å²) < 4.78 is 53.4. The number of carboxylic acids is 1. The molecule has 1 atom stereocenters. The predicted molar refractivity (Wildman–Crippen MR) is 70.2 cm³/mol. The Morgan fingerprint density at radius 3 is 1.41 bits per heavy atom. The number of carboxylic acid groups (broad SMARTS) is 1. The smallest absolute Gasteiger partial charge is 0.321 e. The molecule has 0 amide bonds. The first-order valence-corrected chi connectivity index (χ1v) is 6.18. The average molecular weight is 313 g/mol. The van der Waals surface area contributed by atoms with Crippen molar-refractivity contribution in [3.63, 3.8) is 0 Å². The maximum Gasteiger partial charge on any atom is 0.321 e. The van der Waals surface area contributed by atoms with E-state index in [1.54, 1.807) is 0 Å². The summed E-state index contributed by atoms with van der Waals surface area (Å²) in [5.74, 6) is -6.58. The number of aliphatic carboxylic acids is 1. The van der Waals surface area contributed by atoms with Crippen LogP contribution in [0.25, 0.3) is 0 Å². The maximum atomic E-state index is 13.4. The van der Waals surface area contributed by atoms with Crippen molar-refractivity contribution in [2.75, 3.05) is 0 Å². The van der Waals surface area contributed by atoms with Crippen LogP contribution in [-0.2, 0) is 4.79 Å². The molecule has 0 saturated heterocycles. The fourth-order valence-corrected chi connectivity index (χ4v) is 2.26. The van der Waals surface area contributed by atoms with Crippen LogP contribution in [0.3, 0.4) is 0 Å². The molecule has 2 rings (SSSR count). The first-order valence-electron chi connectivity index (χ1n) is 6.18. The molecule has 0 radical (unpaired) electrons. The topological polar surface area (TPSA) is 63.3 Å². The molecule has 2 aromatic rings. The second kappa shape index (κ2) is 6.15. The van der Waals surface area contributed by atoms with Gasteiger partial charge in [-0.25, -0.2) is 17.6 Å². The Morgan fingerprint density at radius 2 is 1.14 bits per heavy atom. The molecule has 7 heteroatoms. The molecule has 22 heavy (non-hydrogen) atoms. The summed E-state index contributed by atoms with van der Waals surface area (Å²) in [5.41, 5.74) is 5.28. The second-order valence-electron chi connectivity index (χ2n) is 4.75. The van der Waals surface area contributed by atoms with Crippen LogP contribution in [0.1, 0.15) is 17.0 Å². The van der Waals surface area contributed by atoms with Crippen molar-refractivity contribution in [1.29, 1.82) is 0 Å². The number of nitrogens with two attached hydrogens (primary N) is 1. The van der Waals surface area contributed by atoms with E-state index in [2.05, 4.69) is 0 Å². The van der Waals surface area contributed by atoms with E-state index in [0.29, 0.717) is 12.1 Å². The van der Waals surface area contributed by atoms with Crippen molar-refractivity contribution in [3.05, 3.63) is 70.8 Å². The molecule has 0 bridgehead atoms. The summed E-state index contributed by atoms with van der Waals surface area (Å²) in [6, 6.07) is 3.05. The lowest BCUT2D eigenvalue weighted by atomic mass is 9.85. The summed E-state index contributed by atoms with van der Waals surface area (Å²) in [7, 11) is 0. The zero-order chi connectivity index (χ0) is 16.4. The minimum Gasteiger partial charge on any atom is -0.480 e. The van der Waals surface area contributed by atoms with E-state index in [-0.39, 0.29) is 11.1 Å². The number of hydrogen-bond acceptors (Lipinski definition) is 2. The molecule has 3 nitrogen and oxygen atoms in total. The van der Waals surface area contributed by atoms with E-state index < -0.39 is 41.2 Å². The molecule has 0 aliphatic rings. The molecule has 0 fully saturated rings. The average Bonchev–Trinajstić information content (AvgIpc) is 2.36. The summed E-state index contributed by atoms with van der Waals surface area (Å²) in [5, 5.41) is 9.05. The van der Waals surface area contributed by atoms with E-state index in [9.17, 15) is 22.4 Å². The van der Waals surface area contributed by atoms with Crippen LogP contribution in [-0.4, -0.2) is 17.1 Å². The second-order valence-corrected chi connectivity index (χ2v) is 4.75. The number of carbonyl (C=O) groups is 1. The standard InChI is InChI=1S/C15H11F4NO2/c16-9-1-7(2-10(17)5-9)13(14(20)15(21)22)8-3-11(18)6-12(19)4-8/h1-6,13-14H,20H2,(H,21,22)/t14-/m0/s1. The molecular formula is C15H11F4NO2. The normalized spacial score (nSPS) is 12.5. The number of hydrogen-bond donors (Lipinski definition) is 2. The zero-order valence-electron chi connectivity index (χ0n) is 11.1. The lowest BCUT2D eigenvalue weighted by Crippen LogP contribution is -2.37. The van der Waals surface area contributed by atoms with Crippen molar-refractivity contribution in [1.82, 2.24) is 0 Å². The monoisotopic (exact) mass is 313 g/mol. The SMILES string of the molecule is N[C@H](C(=O)O)C(c1cc(F)cc(F)c1)c1cc(F)cc(F)c1. The quantitative estimate of drug-likeness (QED) is 0.853. The molecule has 2 aromatic carbocycles. The molecule has 0 aliphatic carbocycles. The number of rotatable bonds is 4. The molecule has 0 heterocycles. The first-order chi connectivity index (χ1) is 10.3. The van der Waals surface area contributed by atoms with E-state index in [0.717, 1.165) is 24.3 Å². The summed E-state index contributed by atoms with van der Waals surface area (Å²) >= 11 is 0. The highest BCUT2D eigenvalue weighted by Crippen LogP contribution is 2.30. The number of halogens is 4. The molecule has 0 aromatic heterocycles. The summed E-state index contributed by atoms with van der Waals surface area (Å²) in [6.07, 6.45) is 0. The van der Waals surface area contributed by atoms with Gasteiger partial charge in [0, 0.05) is 18.1 Å². The van der Waals surface area contributed by atoms with E-state index >= 15 is 0 Å². The van der Waals surface area contributed by atoms with Crippen LogP contribution in [0, 0.1) is 23.3 Å². The van der Waals surface area contributed by atoms with Gasteiger partial charge in [0.2, 0.25) is 0 Å². The lowest BCUT2D eigenvalue weighted by Gasteiger charge is -2.22. The van der Waals surface area contributed by atoms with Crippen molar-refractivity contribution < 1.29 is 27.5 Å². The van der Waals surface area contributed by atoms with Crippen LogP contribution in [0.15, 0.2) is 36.4 Å². The number of benzene rings is 2. The third-order valence-electron chi connectivity index (χ3n) is 3.13. The van der Waals surface area contributed by atoms with Gasteiger partial charge >= 0.3 is 5.97 Å². The molecule has 0 aliphatic heterocycles. The largest absolute Gasteiger partial charge is 0.480 e. The lowest BCUT2D eigenvalue weighted by molar-refractivity contribution is -0.138. The van der Waals surface area contributed by atoms with E-state index in [1.165, 1.54) is 0 Å². The third kappa shape index (κ3) is 3.43.